The third-order valence-corrected chi connectivity index (χ3v) is 6.40. The largest absolute Gasteiger partial charge is 0.379 e. The van der Waals surface area contributed by atoms with E-state index in [2.05, 4.69) is 34.4 Å². The summed E-state index contributed by atoms with van der Waals surface area (Å²) < 4.78 is 31.8. The lowest BCUT2D eigenvalue weighted by Crippen LogP contribution is -2.40. The van der Waals surface area contributed by atoms with E-state index < -0.39 is 10.0 Å². The predicted molar refractivity (Wildman–Crippen MR) is 107 cm³/mol. The van der Waals surface area contributed by atoms with Gasteiger partial charge >= 0.3 is 0 Å². The van der Waals surface area contributed by atoms with E-state index >= 15 is 0 Å². The second-order valence-electron chi connectivity index (χ2n) is 6.43. The maximum atomic E-state index is 12.6. The Hall–Kier alpha value is -2.16. The van der Waals surface area contributed by atoms with Gasteiger partial charge in [0.25, 0.3) is 0 Å². The highest BCUT2D eigenvalue weighted by Crippen LogP contribution is 2.17. The molecule has 2 aromatic rings. The minimum atomic E-state index is -3.49. The van der Waals surface area contributed by atoms with Gasteiger partial charge in [0.05, 0.1) is 13.2 Å². The van der Waals surface area contributed by atoms with Crippen LogP contribution in [0, 0.1) is 0 Å². The van der Waals surface area contributed by atoms with Crippen molar-refractivity contribution in [2.45, 2.75) is 11.3 Å². The highest BCUT2D eigenvalue weighted by molar-refractivity contribution is 7.89. The second-order valence-corrected chi connectivity index (χ2v) is 8.37. The SMILES string of the molecule is CN(CCCNc1ccc(S(=O)(=O)N2CCOCC2)cn1)c1ccccc1. The van der Waals surface area contributed by atoms with Crippen molar-refractivity contribution in [3.05, 3.63) is 48.7 Å². The Labute approximate surface area is 161 Å². The number of hydrogen-bond acceptors (Lipinski definition) is 6. The molecule has 1 aromatic carbocycles. The van der Waals surface area contributed by atoms with Gasteiger partial charge in [-0.05, 0) is 30.7 Å². The van der Waals surface area contributed by atoms with Gasteiger partial charge in [0.15, 0.2) is 0 Å². The average molecular weight is 391 g/mol. The molecule has 0 amide bonds. The Morgan fingerprint density at radius 3 is 2.56 bits per heavy atom. The van der Waals surface area contributed by atoms with Crippen LogP contribution >= 0.6 is 0 Å². The number of pyridine rings is 1. The molecule has 7 nitrogen and oxygen atoms in total. The predicted octanol–water partition coefficient (Wildman–Crippen LogP) is 2.04. The van der Waals surface area contributed by atoms with E-state index in [0.29, 0.717) is 32.1 Å². The van der Waals surface area contributed by atoms with Crippen LogP contribution in [0.4, 0.5) is 11.5 Å². The molecule has 1 aliphatic rings. The normalized spacial score (nSPS) is 15.4. The van der Waals surface area contributed by atoms with Crippen molar-refractivity contribution < 1.29 is 13.2 Å². The molecule has 1 N–H and O–H groups in total. The molecule has 1 aromatic heterocycles. The number of nitrogens with zero attached hydrogens (tertiary/aromatic N) is 3. The van der Waals surface area contributed by atoms with Crippen LogP contribution in [0.2, 0.25) is 0 Å². The molecule has 1 saturated heterocycles. The van der Waals surface area contributed by atoms with E-state index in [-0.39, 0.29) is 4.90 Å². The molecular weight excluding hydrogens is 364 g/mol. The van der Waals surface area contributed by atoms with Crippen LogP contribution in [-0.2, 0) is 14.8 Å². The first-order valence-electron chi connectivity index (χ1n) is 9.11. The number of aromatic nitrogens is 1. The summed E-state index contributed by atoms with van der Waals surface area (Å²) in [5.41, 5.74) is 1.19. The number of sulfonamides is 1. The minimum absolute atomic E-state index is 0.221. The van der Waals surface area contributed by atoms with Crippen LogP contribution in [0.3, 0.4) is 0 Å². The van der Waals surface area contributed by atoms with Gasteiger partial charge in [-0.1, -0.05) is 18.2 Å². The van der Waals surface area contributed by atoms with Crippen molar-refractivity contribution in [1.29, 1.82) is 0 Å². The number of morpholine rings is 1. The molecule has 3 rings (SSSR count). The first-order chi connectivity index (χ1) is 13.1. The molecule has 0 unspecified atom stereocenters. The number of nitrogens with one attached hydrogen (secondary N) is 1. The minimum Gasteiger partial charge on any atom is -0.379 e. The van der Waals surface area contributed by atoms with Crippen molar-refractivity contribution >= 4 is 21.5 Å². The average Bonchev–Trinajstić information content (AvgIpc) is 2.72. The van der Waals surface area contributed by atoms with Crippen LogP contribution in [-0.4, -0.2) is 64.1 Å². The van der Waals surface area contributed by atoms with E-state index in [1.807, 2.05) is 18.2 Å². The third kappa shape index (κ3) is 5.18. The summed E-state index contributed by atoms with van der Waals surface area (Å²) in [4.78, 5) is 6.68. The first-order valence-corrected chi connectivity index (χ1v) is 10.6. The molecule has 0 bridgehead atoms. The van der Waals surface area contributed by atoms with Gasteiger partial charge in [-0.2, -0.15) is 4.31 Å². The summed E-state index contributed by atoms with van der Waals surface area (Å²) >= 11 is 0. The fraction of sp³-hybridized carbons (Fsp3) is 0.421. The van der Waals surface area contributed by atoms with Crippen molar-refractivity contribution in [3.8, 4) is 0 Å². The maximum Gasteiger partial charge on any atom is 0.244 e. The highest BCUT2D eigenvalue weighted by atomic mass is 32.2. The zero-order chi connectivity index (χ0) is 19.1. The number of para-hydroxylation sites is 1. The van der Waals surface area contributed by atoms with Crippen molar-refractivity contribution in [3.63, 3.8) is 0 Å². The van der Waals surface area contributed by atoms with E-state index in [9.17, 15) is 8.42 Å². The van der Waals surface area contributed by atoms with Crippen LogP contribution in [0.1, 0.15) is 6.42 Å². The number of anilines is 2. The fourth-order valence-corrected chi connectivity index (χ4v) is 4.27. The molecule has 0 aliphatic carbocycles. The maximum absolute atomic E-state index is 12.6. The zero-order valence-corrected chi connectivity index (χ0v) is 16.4. The fourth-order valence-electron chi connectivity index (χ4n) is 2.92. The lowest BCUT2D eigenvalue weighted by molar-refractivity contribution is 0.0730. The van der Waals surface area contributed by atoms with Crippen LogP contribution in [0.5, 0.6) is 0 Å². The summed E-state index contributed by atoms with van der Waals surface area (Å²) in [6.45, 7) is 3.32. The summed E-state index contributed by atoms with van der Waals surface area (Å²) in [5.74, 6) is 0.679. The Bertz CT molecular complexity index is 807. The molecule has 1 fully saturated rings. The molecule has 0 saturated carbocycles. The number of rotatable bonds is 8. The molecule has 2 heterocycles. The topological polar surface area (TPSA) is 74.8 Å². The van der Waals surface area contributed by atoms with Gasteiger partial charge in [0.2, 0.25) is 10.0 Å². The molecule has 8 heteroatoms. The quantitative estimate of drug-likeness (QED) is 0.696. The van der Waals surface area contributed by atoms with Crippen LogP contribution < -0.4 is 10.2 Å². The van der Waals surface area contributed by atoms with E-state index in [1.54, 1.807) is 12.1 Å². The molecule has 0 radical (unpaired) electrons. The molecular formula is C19H26N4O3S. The van der Waals surface area contributed by atoms with E-state index in [1.165, 1.54) is 16.2 Å². The first kappa shape index (κ1) is 19.6. The number of benzene rings is 1. The standard InChI is InChI=1S/C19H26N4O3S/c1-22(17-6-3-2-4-7-17)11-5-10-20-19-9-8-18(16-21-19)27(24,25)23-12-14-26-15-13-23/h2-4,6-9,16H,5,10-15H2,1H3,(H,20,21). The van der Waals surface area contributed by atoms with E-state index in [0.717, 1.165) is 19.5 Å². The second kappa shape index (κ2) is 9.16. The van der Waals surface area contributed by atoms with Crippen molar-refractivity contribution in [2.75, 3.05) is 56.7 Å². The van der Waals surface area contributed by atoms with Gasteiger partial charge in [0.1, 0.15) is 10.7 Å². The Balaban J connectivity index is 1.48. The lowest BCUT2D eigenvalue weighted by atomic mass is 10.3. The Morgan fingerprint density at radius 2 is 1.89 bits per heavy atom. The van der Waals surface area contributed by atoms with Gasteiger partial charge in [0, 0.05) is 45.1 Å². The Morgan fingerprint density at radius 1 is 1.15 bits per heavy atom. The monoisotopic (exact) mass is 390 g/mol. The molecule has 146 valence electrons. The smallest absolute Gasteiger partial charge is 0.244 e. The summed E-state index contributed by atoms with van der Waals surface area (Å²) in [5, 5.41) is 3.24. The van der Waals surface area contributed by atoms with Crippen LogP contribution in [0.15, 0.2) is 53.6 Å². The van der Waals surface area contributed by atoms with E-state index in [4.69, 9.17) is 4.74 Å². The highest BCUT2D eigenvalue weighted by Gasteiger charge is 2.26. The third-order valence-electron chi connectivity index (χ3n) is 4.52. The van der Waals surface area contributed by atoms with Crippen molar-refractivity contribution in [2.24, 2.45) is 0 Å². The van der Waals surface area contributed by atoms with Crippen LogP contribution in [0.25, 0.3) is 0 Å². The van der Waals surface area contributed by atoms with Gasteiger partial charge in [-0.15, -0.1) is 0 Å². The summed E-state index contributed by atoms with van der Waals surface area (Å²) in [6.07, 6.45) is 2.37. The number of hydrogen-bond donors (Lipinski definition) is 1. The Kier molecular flexibility index (Phi) is 6.65. The van der Waals surface area contributed by atoms with Gasteiger partial charge in [-0.25, -0.2) is 13.4 Å². The van der Waals surface area contributed by atoms with Gasteiger partial charge < -0.3 is 15.0 Å². The lowest BCUT2D eigenvalue weighted by Gasteiger charge is -2.25. The summed E-state index contributed by atoms with van der Waals surface area (Å²) in [6, 6.07) is 13.6. The summed E-state index contributed by atoms with van der Waals surface area (Å²) in [7, 11) is -1.42. The zero-order valence-electron chi connectivity index (χ0n) is 15.5. The molecule has 0 atom stereocenters. The molecule has 1 aliphatic heterocycles. The molecule has 0 spiro atoms. The molecule has 27 heavy (non-hydrogen) atoms. The number of ether oxygens (including phenoxy) is 1. The van der Waals surface area contributed by atoms with Gasteiger partial charge in [-0.3, -0.25) is 0 Å². The van der Waals surface area contributed by atoms with Crippen molar-refractivity contribution in [1.82, 2.24) is 9.29 Å².